The summed E-state index contributed by atoms with van der Waals surface area (Å²) in [7, 11) is 1.45. The van der Waals surface area contributed by atoms with Crippen LogP contribution in [-0.4, -0.2) is 98.6 Å². The zero-order valence-corrected chi connectivity index (χ0v) is 32.3. The SMILES string of the molecule is C[C@@H](C(=O)N[C@H](C(=O)N1C[C@@H](NC(=O)n2ccc3cc(C(=O)O)ccc32)C[C@H]1C(=O)N[C@@H]1CCCc2ccccc21)C(C)(C)C)N(C)C(=O)OC(C)(C)C. The molecule has 1 aromatic heterocycles. The van der Waals surface area contributed by atoms with Crippen molar-refractivity contribution >= 4 is 46.7 Å². The quantitative estimate of drug-likeness (QED) is 0.253. The fraction of sp³-hybridized carbons (Fsp3) is 0.500. The lowest BCUT2D eigenvalue weighted by molar-refractivity contribution is -0.144. The van der Waals surface area contributed by atoms with Gasteiger partial charge in [-0.05, 0) is 94.2 Å². The number of carbonyl (C=O) groups excluding carboxylic acids is 5. The van der Waals surface area contributed by atoms with Gasteiger partial charge in [-0.1, -0.05) is 45.0 Å². The first-order valence-corrected chi connectivity index (χ1v) is 18.3. The molecule has 2 aromatic carbocycles. The highest BCUT2D eigenvalue weighted by Gasteiger charge is 2.46. The van der Waals surface area contributed by atoms with Crippen LogP contribution in [0.2, 0.25) is 0 Å². The maximum atomic E-state index is 14.6. The minimum absolute atomic E-state index is 0.0118. The molecule has 5 amide bonds. The number of carbonyl (C=O) groups is 6. The minimum atomic E-state index is -1.10. The molecule has 4 N–H and O–H groups in total. The van der Waals surface area contributed by atoms with E-state index < -0.39 is 65.1 Å². The smallest absolute Gasteiger partial charge is 0.410 e. The summed E-state index contributed by atoms with van der Waals surface area (Å²) in [5.41, 5.74) is 1.18. The molecule has 0 saturated carbocycles. The van der Waals surface area contributed by atoms with Gasteiger partial charge in [0.05, 0.1) is 23.2 Å². The number of carboxylic acids is 1. The second-order valence-corrected chi connectivity index (χ2v) is 16.4. The van der Waals surface area contributed by atoms with E-state index in [2.05, 4.69) is 22.0 Å². The molecule has 1 aliphatic heterocycles. The molecule has 2 heterocycles. The van der Waals surface area contributed by atoms with E-state index in [9.17, 15) is 33.9 Å². The summed E-state index contributed by atoms with van der Waals surface area (Å²) in [5.74, 6) is -2.53. The van der Waals surface area contributed by atoms with Crippen molar-refractivity contribution in [3.63, 3.8) is 0 Å². The van der Waals surface area contributed by atoms with Gasteiger partial charge in [0, 0.05) is 25.2 Å². The Morgan fingerprint density at radius 3 is 2.33 bits per heavy atom. The van der Waals surface area contributed by atoms with Crippen LogP contribution in [0, 0.1) is 5.41 Å². The van der Waals surface area contributed by atoms with Crippen molar-refractivity contribution in [1.29, 1.82) is 0 Å². The van der Waals surface area contributed by atoms with E-state index in [0.717, 1.165) is 35.3 Å². The molecule has 0 unspecified atom stereocenters. The number of likely N-dealkylation sites (tertiary alicyclic amines) is 1. The lowest BCUT2D eigenvalue weighted by atomic mass is 9.85. The van der Waals surface area contributed by atoms with Crippen LogP contribution in [0.3, 0.4) is 0 Å². The number of rotatable bonds is 8. The number of fused-ring (bicyclic) bond motifs is 2. The first-order chi connectivity index (χ1) is 25.2. The summed E-state index contributed by atoms with van der Waals surface area (Å²) in [5, 5.41) is 19.0. The summed E-state index contributed by atoms with van der Waals surface area (Å²) >= 11 is 0. The van der Waals surface area contributed by atoms with Crippen LogP contribution < -0.4 is 16.0 Å². The van der Waals surface area contributed by atoms with Gasteiger partial charge in [0.1, 0.15) is 23.7 Å². The van der Waals surface area contributed by atoms with E-state index in [4.69, 9.17) is 4.74 Å². The third kappa shape index (κ3) is 8.86. The van der Waals surface area contributed by atoms with Crippen LogP contribution in [0.25, 0.3) is 10.9 Å². The van der Waals surface area contributed by atoms with Crippen molar-refractivity contribution in [2.45, 2.75) is 110 Å². The summed E-state index contributed by atoms with van der Waals surface area (Å²) < 4.78 is 6.79. The largest absolute Gasteiger partial charge is 0.478 e. The predicted octanol–water partition coefficient (Wildman–Crippen LogP) is 4.85. The Balaban J connectivity index is 1.40. The van der Waals surface area contributed by atoms with E-state index in [-0.39, 0.29) is 30.5 Å². The van der Waals surface area contributed by atoms with Crippen molar-refractivity contribution in [1.82, 2.24) is 30.3 Å². The van der Waals surface area contributed by atoms with Gasteiger partial charge >= 0.3 is 18.1 Å². The van der Waals surface area contributed by atoms with Crippen molar-refractivity contribution in [3.05, 3.63) is 71.4 Å². The molecule has 5 rings (SSSR count). The van der Waals surface area contributed by atoms with E-state index in [0.29, 0.717) is 10.9 Å². The molecule has 5 atom stereocenters. The average molecular weight is 745 g/mol. The molecule has 3 aromatic rings. The number of aromatic carboxylic acids is 1. The van der Waals surface area contributed by atoms with Crippen LogP contribution in [0.15, 0.2) is 54.7 Å². The monoisotopic (exact) mass is 744 g/mol. The highest BCUT2D eigenvalue weighted by molar-refractivity contribution is 5.98. The first kappa shape index (κ1) is 39.8. The summed E-state index contributed by atoms with van der Waals surface area (Å²) in [6.45, 7) is 12.1. The van der Waals surface area contributed by atoms with Crippen molar-refractivity contribution in [2.24, 2.45) is 5.41 Å². The second-order valence-electron chi connectivity index (χ2n) is 16.4. The highest BCUT2D eigenvalue weighted by Crippen LogP contribution is 2.32. The van der Waals surface area contributed by atoms with Crippen molar-refractivity contribution < 1.29 is 38.6 Å². The summed E-state index contributed by atoms with van der Waals surface area (Å²) in [6, 6.07) is 9.59. The van der Waals surface area contributed by atoms with Gasteiger partial charge in [-0.2, -0.15) is 0 Å². The van der Waals surface area contributed by atoms with Gasteiger partial charge in [0.15, 0.2) is 0 Å². The number of benzene rings is 2. The number of ether oxygens (including phenoxy) is 1. The Hall–Kier alpha value is -5.40. The van der Waals surface area contributed by atoms with Crippen LogP contribution in [0.1, 0.15) is 95.3 Å². The van der Waals surface area contributed by atoms with Crippen LogP contribution >= 0.6 is 0 Å². The molecular weight excluding hydrogens is 692 g/mol. The number of hydrogen-bond donors (Lipinski definition) is 4. The Morgan fingerprint density at radius 2 is 1.67 bits per heavy atom. The van der Waals surface area contributed by atoms with Gasteiger partial charge in [-0.15, -0.1) is 0 Å². The Labute approximate surface area is 315 Å². The Kier molecular flexibility index (Phi) is 11.4. The standard InChI is InChI=1S/C40H52N6O8/c1-23(44(8)38(53)54-40(5,6)7)33(47)43-32(39(2,3)4)35(49)46-22-27(41-37(52)45-19-18-25-20-26(36(50)51)16-17-30(25)45)21-31(46)34(48)42-29-15-11-13-24-12-9-10-14-28(24)29/h9-10,12,14,16-20,23,27,29,31-32H,11,13,15,21-22H2,1-8H3,(H,41,52)(H,42,48)(H,43,47)(H,50,51)/t23-,27-,29+,31-,32+/m0/s1. The predicted molar refractivity (Wildman–Crippen MR) is 202 cm³/mol. The number of amides is 5. The van der Waals surface area contributed by atoms with E-state index >= 15 is 0 Å². The summed E-state index contributed by atoms with van der Waals surface area (Å²) in [4.78, 5) is 83.0. The zero-order chi connectivity index (χ0) is 39.7. The fourth-order valence-electron chi connectivity index (χ4n) is 7.05. The average Bonchev–Trinajstić information content (AvgIpc) is 3.73. The first-order valence-electron chi connectivity index (χ1n) is 18.3. The number of likely N-dealkylation sites (N-methyl/N-ethyl adjacent to an activating group) is 1. The Bertz CT molecular complexity index is 1940. The van der Waals surface area contributed by atoms with E-state index in [1.807, 2.05) is 18.2 Å². The maximum Gasteiger partial charge on any atom is 0.410 e. The van der Waals surface area contributed by atoms with Gasteiger partial charge < -0.3 is 30.7 Å². The summed E-state index contributed by atoms with van der Waals surface area (Å²) in [6.07, 6.45) is 3.49. The van der Waals surface area contributed by atoms with E-state index in [1.165, 1.54) is 41.8 Å². The van der Waals surface area contributed by atoms with Gasteiger partial charge in [-0.25, -0.2) is 14.4 Å². The van der Waals surface area contributed by atoms with Crippen LogP contribution in [0.4, 0.5) is 9.59 Å². The van der Waals surface area contributed by atoms with E-state index in [1.54, 1.807) is 53.7 Å². The lowest BCUT2D eigenvalue weighted by Crippen LogP contribution is -2.60. The molecule has 14 heteroatoms. The molecule has 14 nitrogen and oxygen atoms in total. The van der Waals surface area contributed by atoms with Gasteiger partial charge in [0.2, 0.25) is 17.7 Å². The molecule has 1 aliphatic carbocycles. The number of carboxylic acid groups (broad SMARTS) is 1. The second kappa shape index (κ2) is 15.5. The Morgan fingerprint density at radius 1 is 0.963 bits per heavy atom. The molecule has 290 valence electrons. The zero-order valence-electron chi connectivity index (χ0n) is 32.3. The lowest BCUT2D eigenvalue weighted by Gasteiger charge is -2.37. The van der Waals surface area contributed by atoms with Gasteiger partial charge in [0.25, 0.3) is 0 Å². The van der Waals surface area contributed by atoms with Crippen LogP contribution in [-0.2, 0) is 25.5 Å². The van der Waals surface area contributed by atoms with Crippen molar-refractivity contribution in [2.75, 3.05) is 13.6 Å². The van der Waals surface area contributed by atoms with Crippen molar-refractivity contribution in [3.8, 4) is 0 Å². The number of aromatic nitrogens is 1. The minimum Gasteiger partial charge on any atom is -0.478 e. The number of nitrogens with zero attached hydrogens (tertiary/aromatic N) is 3. The molecule has 2 aliphatic rings. The third-order valence-corrected chi connectivity index (χ3v) is 10.1. The molecule has 0 radical (unpaired) electrons. The third-order valence-electron chi connectivity index (χ3n) is 10.1. The molecule has 1 saturated heterocycles. The maximum absolute atomic E-state index is 14.6. The number of hydrogen-bond acceptors (Lipinski definition) is 7. The number of aryl methyl sites for hydroxylation is 1. The fourth-order valence-corrected chi connectivity index (χ4v) is 7.05. The molecule has 0 bridgehead atoms. The molecule has 54 heavy (non-hydrogen) atoms. The topological polar surface area (TPSA) is 179 Å². The number of nitrogens with one attached hydrogen (secondary N) is 3. The molecule has 0 spiro atoms. The molecule has 1 fully saturated rings. The highest BCUT2D eigenvalue weighted by atomic mass is 16.6. The molecular formula is C40H52N6O8. The van der Waals surface area contributed by atoms with Crippen LogP contribution in [0.5, 0.6) is 0 Å². The normalized spacial score (nSPS) is 19.6. The van der Waals surface area contributed by atoms with Gasteiger partial charge in [-0.3, -0.25) is 23.9 Å².